The number of halogens is 2. The minimum atomic E-state index is -0.536. The van der Waals surface area contributed by atoms with Crippen molar-refractivity contribution in [2.75, 3.05) is 7.11 Å². The molecule has 0 saturated heterocycles. The van der Waals surface area contributed by atoms with Gasteiger partial charge in [0.05, 0.1) is 13.0 Å². The number of amides is 1. The van der Waals surface area contributed by atoms with Crippen LogP contribution in [0, 0.1) is 24.5 Å². The Morgan fingerprint density at radius 2 is 2.04 bits per heavy atom. The highest BCUT2D eigenvalue weighted by Gasteiger charge is 2.23. The number of ether oxygens (including phenoxy) is 1. The molecule has 138 valence electrons. The van der Waals surface area contributed by atoms with Crippen molar-refractivity contribution in [1.29, 1.82) is 0 Å². The first-order valence-corrected chi connectivity index (χ1v) is 8.02. The first-order chi connectivity index (χ1) is 12.5. The Labute approximate surface area is 150 Å². The molecule has 0 fully saturated rings. The fourth-order valence-corrected chi connectivity index (χ4v) is 2.55. The summed E-state index contributed by atoms with van der Waals surface area (Å²) in [7, 11) is 1.35. The van der Waals surface area contributed by atoms with E-state index in [4.69, 9.17) is 9.94 Å². The zero-order valence-electron chi connectivity index (χ0n) is 14.5. The molecule has 26 heavy (non-hydrogen) atoms. The number of hydrogen-bond acceptors (Lipinski definition) is 4. The van der Waals surface area contributed by atoms with E-state index in [-0.39, 0.29) is 17.6 Å². The van der Waals surface area contributed by atoms with Crippen molar-refractivity contribution in [3.63, 3.8) is 0 Å². The Bertz CT molecular complexity index is 788. The van der Waals surface area contributed by atoms with E-state index >= 15 is 0 Å². The minimum Gasteiger partial charge on any atom is -0.479 e. The predicted molar refractivity (Wildman–Crippen MR) is 92.5 cm³/mol. The Hall–Kier alpha value is -2.80. The summed E-state index contributed by atoms with van der Waals surface area (Å²) >= 11 is 0. The van der Waals surface area contributed by atoms with E-state index in [1.807, 2.05) is 6.07 Å². The maximum Gasteiger partial charge on any atom is 0.250 e. The number of hydroxylamine groups is 1. The van der Waals surface area contributed by atoms with E-state index in [0.717, 1.165) is 5.57 Å². The standard InChI is InChI=1S/C12H13FN2O3.C7H7F/c1-18-12-10(13)5-9(6-14-12)7-2-3-8(4-7)11(16)15-17;1-6-4-2-3-5-7(6)8/h4-6,8,17H,2-3H2,1H3,(H,15,16);2-5H,1H3. The number of carbonyl (C=O) groups excluding carboxylic acids is 1. The number of methoxy groups -OCH3 is 1. The smallest absolute Gasteiger partial charge is 0.250 e. The number of aryl methyl sites for hydroxylation is 1. The monoisotopic (exact) mass is 362 g/mol. The van der Waals surface area contributed by atoms with Gasteiger partial charge in [0.15, 0.2) is 5.82 Å². The van der Waals surface area contributed by atoms with Crippen LogP contribution < -0.4 is 10.2 Å². The normalized spacial score (nSPS) is 15.6. The largest absolute Gasteiger partial charge is 0.479 e. The fraction of sp³-hybridized carbons (Fsp3) is 0.263. The van der Waals surface area contributed by atoms with Gasteiger partial charge in [-0.1, -0.05) is 24.3 Å². The highest BCUT2D eigenvalue weighted by atomic mass is 19.1. The maximum atomic E-state index is 13.5. The Morgan fingerprint density at radius 1 is 1.31 bits per heavy atom. The SMILES string of the molecule is COc1ncc(C2=CC(C(=O)NO)CC2)cc1F.Cc1ccccc1F. The van der Waals surface area contributed by atoms with E-state index < -0.39 is 11.7 Å². The molecule has 0 spiro atoms. The van der Waals surface area contributed by atoms with Gasteiger partial charge in [0.1, 0.15) is 5.82 Å². The number of hydrogen-bond donors (Lipinski definition) is 2. The Balaban J connectivity index is 0.000000254. The second kappa shape index (κ2) is 9.05. The number of allylic oxidation sites excluding steroid dienone is 1. The van der Waals surface area contributed by atoms with Crippen molar-refractivity contribution in [2.24, 2.45) is 5.92 Å². The molecular weight excluding hydrogens is 342 g/mol. The van der Waals surface area contributed by atoms with Gasteiger partial charge in [-0.15, -0.1) is 0 Å². The van der Waals surface area contributed by atoms with Gasteiger partial charge in [0.25, 0.3) is 0 Å². The Morgan fingerprint density at radius 3 is 2.58 bits per heavy atom. The molecule has 1 amide bonds. The van der Waals surface area contributed by atoms with Gasteiger partial charge in [0, 0.05) is 6.20 Å². The van der Waals surface area contributed by atoms with Crippen LogP contribution in [0.4, 0.5) is 8.78 Å². The number of carbonyl (C=O) groups is 1. The van der Waals surface area contributed by atoms with E-state index in [2.05, 4.69) is 4.98 Å². The van der Waals surface area contributed by atoms with E-state index in [1.54, 1.807) is 30.6 Å². The molecule has 1 aromatic carbocycles. The summed E-state index contributed by atoms with van der Waals surface area (Å²) in [6, 6.07) is 8.03. The maximum absolute atomic E-state index is 13.5. The zero-order chi connectivity index (χ0) is 19.1. The molecule has 3 rings (SSSR count). The van der Waals surface area contributed by atoms with Crippen molar-refractivity contribution in [1.82, 2.24) is 10.5 Å². The molecule has 1 unspecified atom stereocenters. The van der Waals surface area contributed by atoms with E-state index in [9.17, 15) is 13.6 Å². The molecule has 2 N–H and O–H groups in total. The van der Waals surface area contributed by atoms with Crippen LogP contribution in [0.5, 0.6) is 5.88 Å². The summed E-state index contributed by atoms with van der Waals surface area (Å²) in [6.07, 6.45) is 4.46. The third kappa shape index (κ3) is 4.86. The molecule has 0 saturated carbocycles. The Kier molecular flexibility index (Phi) is 6.80. The lowest BCUT2D eigenvalue weighted by molar-refractivity contribution is -0.131. The molecular formula is C19H20F2N2O3. The third-order valence-corrected chi connectivity index (χ3v) is 4.02. The minimum absolute atomic E-state index is 0.0537. The number of nitrogens with zero attached hydrogens (tertiary/aromatic N) is 1. The number of nitrogens with one attached hydrogen (secondary N) is 1. The van der Waals surface area contributed by atoms with E-state index in [0.29, 0.717) is 24.0 Å². The van der Waals surface area contributed by atoms with Crippen molar-refractivity contribution in [3.8, 4) is 5.88 Å². The molecule has 5 nitrogen and oxygen atoms in total. The second-order valence-corrected chi connectivity index (χ2v) is 5.78. The summed E-state index contributed by atoms with van der Waals surface area (Å²) in [5.41, 5.74) is 3.79. The van der Waals surface area contributed by atoms with Crippen LogP contribution in [-0.2, 0) is 4.79 Å². The first kappa shape index (κ1) is 19.5. The molecule has 7 heteroatoms. The van der Waals surface area contributed by atoms with Gasteiger partial charge in [-0.25, -0.2) is 19.2 Å². The average molecular weight is 362 g/mol. The van der Waals surface area contributed by atoms with Crippen molar-refractivity contribution < 1.29 is 23.5 Å². The molecule has 2 aromatic rings. The van der Waals surface area contributed by atoms with Crippen molar-refractivity contribution >= 4 is 11.5 Å². The molecule has 1 aromatic heterocycles. The molecule has 0 aliphatic heterocycles. The summed E-state index contributed by atoms with van der Waals surface area (Å²) < 4.78 is 30.5. The van der Waals surface area contributed by atoms with Crippen molar-refractivity contribution in [2.45, 2.75) is 19.8 Å². The molecule has 1 aliphatic rings. The zero-order valence-corrected chi connectivity index (χ0v) is 14.5. The van der Waals surface area contributed by atoms with Crippen LogP contribution in [0.2, 0.25) is 0 Å². The average Bonchev–Trinajstić information content (AvgIpc) is 3.14. The highest BCUT2D eigenvalue weighted by Crippen LogP contribution is 2.32. The topological polar surface area (TPSA) is 71.5 Å². The third-order valence-electron chi connectivity index (χ3n) is 4.02. The predicted octanol–water partition coefficient (Wildman–Crippen LogP) is 3.66. The fourth-order valence-electron chi connectivity index (χ4n) is 2.55. The highest BCUT2D eigenvalue weighted by molar-refractivity contribution is 5.84. The van der Waals surface area contributed by atoms with Crippen LogP contribution >= 0.6 is 0 Å². The summed E-state index contributed by atoms with van der Waals surface area (Å²) in [5, 5.41) is 8.55. The molecule has 1 heterocycles. The van der Waals surface area contributed by atoms with Gasteiger partial charge in [0.2, 0.25) is 11.8 Å². The van der Waals surface area contributed by atoms with E-state index in [1.165, 1.54) is 25.4 Å². The van der Waals surface area contributed by atoms with Gasteiger partial charge < -0.3 is 4.74 Å². The molecule has 0 radical (unpaired) electrons. The van der Waals surface area contributed by atoms with Crippen LogP contribution in [-0.4, -0.2) is 23.2 Å². The number of rotatable bonds is 3. The molecule has 1 atom stereocenters. The summed E-state index contributed by atoms with van der Waals surface area (Å²) in [6.45, 7) is 1.75. The first-order valence-electron chi connectivity index (χ1n) is 8.02. The van der Waals surface area contributed by atoms with Crippen LogP contribution in [0.3, 0.4) is 0 Å². The van der Waals surface area contributed by atoms with Crippen LogP contribution in [0.25, 0.3) is 5.57 Å². The lowest BCUT2D eigenvalue weighted by atomic mass is 10.1. The van der Waals surface area contributed by atoms with Gasteiger partial charge in [-0.05, 0) is 48.6 Å². The number of pyridine rings is 1. The van der Waals surface area contributed by atoms with Crippen molar-refractivity contribution in [3.05, 3.63) is 65.4 Å². The summed E-state index contributed by atoms with van der Waals surface area (Å²) in [4.78, 5) is 15.1. The number of benzene rings is 1. The van der Waals surface area contributed by atoms with Crippen LogP contribution in [0.15, 0.2) is 42.6 Å². The van der Waals surface area contributed by atoms with Gasteiger partial charge in [-0.3, -0.25) is 10.0 Å². The molecule has 1 aliphatic carbocycles. The lowest BCUT2D eigenvalue weighted by Crippen LogP contribution is -2.25. The van der Waals surface area contributed by atoms with Gasteiger partial charge >= 0.3 is 0 Å². The number of aromatic nitrogens is 1. The van der Waals surface area contributed by atoms with Crippen LogP contribution in [0.1, 0.15) is 24.0 Å². The molecule has 0 bridgehead atoms. The second-order valence-electron chi connectivity index (χ2n) is 5.78. The van der Waals surface area contributed by atoms with Gasteiger partial charge in [-0.2, -0.15) is 0 Å². The lowest BCUT2D eigenvalue weighted by Gasteiger charge is -2.04. The quantitative estimate of drug-likeness (QED) is 0.646. The summed E-state index contributed by atoms with van der Waals surface area (Å²) in [5.74, 6) is -1.55.